The maximum atomic E-state index is 13.3. The summed E-state index contributed by atoms with van der Waals surface area (Å²) in [4.78, 5) is 39.5. The standard InChI is InChI=1S/C26H25NO5/c1-4-17-7-5-6-8-22(17)27-26(30)25(29)23(18-9-13-20(31-2)14-10-18)24(28)19-11-15-21(32-3)16-12-19/h5-16,23H,4H2,1-3H3,(H,27,30)/t23-/m0/s1. The SMILES string of the molecule is CCc1ccccc1NC(=O)C(=O)[C@H](C(=O)c1ccc(OC)cc1)c1ccc(OC)cc1. The Hall–Kier alpha value is -3.93. The minimum atomic E-state index is -1.29. The largest absolute Gasteiger partial charge is 0.497 e. The predicted octanol–water partition coefficient (Wildman–Crippen LogP) is 4.44. The lowest BCUT2D eigenvalue weighted by Gasteiger charge is -2.17. The number of aryl methyl sites for hydroxylation is 1. The molecule has 1 atom stereocenters. The number of hydrogen-bond donors (Lipinski definition) is 1. The van der Waals surface area contributed by atoms with Crippen LogP contribution < -0.4 is 14.8 Å². The van der Waals surface area contributed by atoms with Gasteiger partial charge in [0.25, 0.3) is 5.91 Å². The first-order chi connectivity index (χ1) is 15.5. The van der Waals surface area contributed by atoms with Gasteiger partial charge in [-0.1, -0.05) is 37.3 Å². The molecule has 0 saturated heterocycles. The summed E-state index contributed by atoms with van der Waals surface area (Å²) >= 11 is 0. The van der Waals surface area contributed by atoms with Gasteiger partial charge in [0.1, 0.15) is 17.4 Å². The third-order valence-corrected chi connectivity index (χ3v) is 5.22. The van der Waals surface area contributed by atoms with Crippen molar-refractivity contribution in [3.63, 3.8) is 0 Å². The Balaban J connectivity index is 1.95. The molecule has 3 aromatic rings. The highest BCUT2D eigenvalue weighted by Gasteiger charge is 2.34. The van der Waals surface area contributed by atoms with Crippen LogP contribution in [0.2, 0.25) is 0 Å². The monoisotopic (exact) mass is 431 g/mol. The van der Waals surface area contributed by atoms with Gasteiger partial charge in [-0.3, -0.25) is 14.4 Å². The minimum absolute atomic E-state index is 0.307. The molecule has 0 radical (unpaired) electrons. The van der Waals surface area contributed by atoms with E-state index in [-0.39, 0.29) is 0 Å². The van der Waals surface area contributed by atoms with Crippen molar-refractivity contribution in [2.45, 2.75) is 19.3 Å². The molecule has 0 heterocycles. The summed E-state index contributed by atoms with van der Waals surface area (Å²) in [6.07, 6.45) is 0.692. The zero-order valence-electron chi connectivity index (χ0n) is 18.3. The number of benzene rings is 3. The molecule has 6 heteroatoms. The number of ether oxygens (including phenoxy) is 2. The van der Waals surface area contributed by atoms with Gasteiger partial charge in [-0.25, -0.2) is 0 Å². The smallest absolute Gasteiger partial charge is 0.292 e. The van der Waals surface area contributed by atoms with E-state index < -0.39 is 23.4 Å². The van der Waals surface area contributed by atoms with E-state index in [1.54, 1.807) is 60.7 Å². The van der Waals surface area contributed by atoms with Crippen LogP contribution in [-0.4, -0.2) is 31.7 Å². The van der Waals surface area contributed by atoms with Crippen molar-refractivity contribution in [2.75, 3.05) is 19.5 Å². The number of rotatable bonds is 9. The highest BCUT2D eigenvalue weighted by atomic mass is 16.5. The van der Waals surface area contributed by atoms with Crippen LogP contribution in [0.25, 0.3) is 0 Å². The Morgan fingerprint density at radius 3 is 1.94 bits per heavy atom. The summed E-state index contributed by atoms with van der Waals surface area (Å²) in [5.74, 6) is -2.26. The Morgan fingerprint density at radius 2 is 1.38 bits per heavy atom. The van der Waals surface area contributed by atoms with Crippen molar-refractivity contribution in [1.82, 2.24) is 0 Å². The number of anilines is 1. The predicted molar refractivity (Wildman–Crippen MR) is 123 cm³/mol. The lowest BCUT2D eigenvalue weighted by Crippen LogP contribution is -2.33. The first kappa shape index (κ1) is 22.7. The van der Waals surface area contributed by atoms with Crippen molar-refractivity contribution in [3.05, 3.63) is 89.5 Å². The topological polar surface area (TPSA) is 81.7 Å². The van der Waals surface area contributed by atoms with Crippen LogP contribution in [0.3, 0.4) is 0 Å². The van der Waals surface area contributed by atoms with E-state index in [1.165, 1.54) is 14.2 Å². The molecule has 3 aromatic carbocycles. The Bertz CT molecular complexity index is 1100. The molecule has 0 saturated carbocycles. The maximum absolute atomic E-state index is 13.3. The third-order valence-electron chi connectivity index (χ3n) is 5.22. The van der Waals surface area contributed by atoms with Gasteiger partial charge >= 0.3 is 0 Å². The van der Waals surface area contributed by atoms with Crippen LogP contribution in [-0.2, 0) is 16.0 Å². The number of para-hydroxylation sites is 1. The Morgan fingerprint density at radius 1 is 0.812 bits per heavy atom. The van der Waals surface area contributed by atoms with Crippen LogP contribution in [0.5, 0.6) is 11.5 Å². The van der Waals surface area contributed by atoms with Gasteiger partial charge in [0.2, 0.25) is 5.78 Å². The molecule has 0 spiro atoms. The molecule has 1 amide bonds. The fourth-order valence-corrected chi connectivity index (χ4v) is 3.41. The number of methoxy groups -OCH3 is 2. The molecule has 0 aromatic heterocycles. The molecule has 1 N–H and O–H groups in total. The first-order valence-corrected chi connectivity index (χ1v) is 10.2. The minimum Gasteiger partial charge on any atom is -0.497 e. The normalized spacial score (nSPS) is 11.3. The Kier molecular flexibility index (Phi) is 7.39. The van der Waals surface area contributed by atoms with Crippen molar-refractivity contribution in [1.29, 1.82) is 0 Å². The summed E-state index contributed by atoms with van der Waals surface area (Å²) in [5, 5.41) is 2.67. The number of carbonyl (C=O) groups excluding carboxylic acids is 3. The zero-order valence-corrected chi connectivity index (χ0v) is 18.3. The van der Waals surface area contributed by atoms with E-state index in [4.69, 9.17) is 9.47 Å². The fraction of sp³-hybridized carbons (Fsp3) is 0.192. The van der Waals surface area contributed by atoms with Gasteiger partial charge in [-0.05, 0) is 60.0 Å². The van der Waals surface area contributed by atoms with E-state index >= 15 is 0 Å². The van der Waals surface area contributed by atoms with E-state index in [9.17, 15) is 14.4 Å². The molecule has 0 bridgehead atoms. The number of nitrogens with one attached hydrogen (secondary N) is 1. The summed E-state index contributed by atoms with van der Waals surface area (Å²) in [5.41, 5.74) is 2.17. The third kappa shape index (κ3) is 5.03. The molecule has 164 valence electrons. The molecule has 0 fully saturated rings. The van der Waals surface area contributed by atoms with Gasteiger partial charge in [0.15, 0.2) is 5.78 Å². The van der Waals surface area contributed by atoms with Crippen LogP contribution in [0, 0.1) is 0 Å². The zero-order chi connectivity index (χ0) is 23.1. The summed E-state index contributed by atoms with van der Waals surface area (Å²) in [6, 6.07) is 20.2. The van der Waals surface area contributed by atoms with Crippen LogP contribution >= 0.6 is 0 Å². The van der Waals surface area contributed by atoms with Crippen LogP contribution in [0.4, 0.5) is 5.69 Å². The van der Waals surface area contributed by atoms with Crippen LogP contribution in [0.1, 0.15) is 34.3 Å². The molecular weight excluding hydrogens is 406 g/mol. The van der Waals surface area contributed by atoms with E-state index in [0.717, 1.165) is 5.56 Å². The highest BCUT2D eigenvalue weighted by Crippen LogP contribution is 2.26. The molecule has 0 aliphatic rings. The molecule has 3 rings (SSSR count). The quantitative estimate of drug-likeness (QED) is 0.308. The summed E-state index contributed by atoms with van der Waals surface area (Å²) in [6.45, 7) is 1.96. The molecular formula is C26H25NO5. The fourth-order valence-electron chi connectivity index (χ4n) is 3.41. The van der Waals surface area contributed by atoms with Crippen molar-refractivity contribution >= 4 is 23.2 Å². The second-order valence-electron chi connectivity index (χ2n) is 7.13. The summed E-state index contributed by atoms with van der Waals surface area (Å²) in [7, 11) is 3.05. The second kappa shape index (κ2) is 10.4. The summed E-state index contributed by atoms with van der Waals surface area (Å²) < 4.78 is 10.3. The van der Waals surface area contributed by atoms with Crippen LogP contribution in [0.15, 0.2) is 72.8 Å². The molecule has 32 heavy (non-hydrogen) atoms. The van der Waals surface area contributed by atoms with E-state index in [0.29, 0.717) is 34.7 Å². The van der Waals surface area contributed by atoms with E-state index in [2.05, 4.69) is 5.32 Å². The number of amides is 1. The van der Waals surface area contributed by atoms with E-state index in [1.807, 2.05) is 19.1 Å². The van der Waals surface area contributed by atoms with Gasteiger partial charge < -0.3 is 14.8 Å². The molecule has 0 unspecified atom stereocenters. The van der Waals surface area contributed by atoms with Crippen molar-refractivity contribution in [2.24, 2.45) is 0 Å². The van der Waals surface area contributed by atoms with Gasteiger partial charge in [0.05, 0.1) is 14.2 Å². The molecule has 6 nitrogen and oxygen atoms in total. The number of hydrogen-bond acceptors (Lipinski definition) is 5. The number of Topliss-reactive ketones (excluding diaryl/α,β-unsaturated/α-hetero) is 2. The van der Waals surface area contributed by atoms with Gasteiger partial charge in [0, 0.05) is 11.3 Å². The average molecular weight is 431 g/mol. The molecule has 0 aliphatic heterocycles. The lowest BCUT2D eigenvalue weighted by atomic mass is 9.86. The Labute approximate surface area is 187 Å². The lowest BCUT2D eigenvalue weighted by molar-refractivity contribution is -0.135. The van der Waals surface area contributed by atoms with Gasteiger partial charge in [-0.15, -0.1) is 0 Å². The second-order valence-corrected chi connectivity index (χ2v) is 7.13. The highest BCUT2D eigenvalue weighted by molar-refractivity contribution is 6.46. The average Bonchev–Trinajstić information content (AvgIpc) is 2.84. The van der Waals surface area contributed by atoms with Crippen molar-refractivity contribution < 1.29 is 23.9 Å². The van der Waals surface area contributed by atoms with Crippen molar-refractivity contribution in [3.8, 4) is 11.5 Å². The first-order valence-electron chi connectivity index (χ1n) is 10.2. The molecule has 0 aliphatic carbocycles. The maximum Gasteiger partial charge on any atom is 0.292 e. The number of ketones is 2. The van der Waals surface area contributed by atoms with Gasteiger partial charge in [-0.2, -0.15) is 0 Å². The number of carbonyl (C=O) groups is 3.